The second kappa shape index (κ2) is 10.0. The number of nitrogens with one attached hydrogen (secondary N) is 1. The van der Waals surface area contributed by atoms with E-state index in [1.807, 2.05) is 54.6 Å². The first-order chi connectivity index (χ1) is 11.9. The molecular weight excluding hydrogens is 392 g/mol. The van der Waals surface area contributed by atoms with E-state index in [0.717, 1.165) is 23.1 Å². The van der Waals surface area contributed by atoms with E-state index in [-0.39, 0.29) is 28.7 Å². The fourth-order valence-corrected chi connectivity index (χ4v) is 2.64. The van der Waals surface area contributed by atoms with Crippen LogP contribution in [-0.2, 0) is 11.3 Å². The lowest BCUT2D eigenvalue weighted by Gasteiger charge is -2.30. The molecular formula is C21H25BrN2O2. The van der Waals surface area contributed by atoms with Gasteiger partial charge in [-0.3, -0.25) is 9.59 Å². The number of carbonyl (C=O) groups is 2. The number of ketones is 1. The molecule has 2 aromatic rings. The number of quaternary nitrogens is 1. The van der Waals surface area contributed by atoms with E-state index in [0.29, 0.717) is 17.7 Å². The molecule has 1 amide bonds. The van der Waals surface area contributed by atoms with Gasteiger partial charge in [0.15, 0.2) is 5.78 Å². The van der Waals surface area contributed by atoms with Crippen molar-refractivity contribution in [1.82, 2.24) is 5.32 Å². The Kier molecular flexibility index (Phi) is 8.42. The van der Waals surface area contributed by atoms with Crippen molar-refractivity contribution in [2.45, 2.75) is 6.54 Å². The third-order valence-corrected chi connectivity index (χ3v) is 4.06. The van der Waals surface area contributed by atoms with Gasteiger partial charge in [0.05, 0.1) is 27.2 Å². The highest BCUT2D eigenvalue weighted by Gasteiger charge is 2.16. The van der Waals surface area contributed by atoms with Crippen LogP contribution in [-0.4, -0.2) is 43.4 Å². The topological polar surface area (TPSA) is 46.2 Å². The molecule has 0 heterocycles. The second-order valence-electron chi connectivity index (χ2n) is 6.70. The summed E-state index contributed by atoms with van der Waals surface area (Å²) in [6, 6.07) is 17.0. The third-order valence-electron chi connectivity index (χ3n) is 4.06. The summed E-state index contributed by atoms with van der Waals surface area (Å²) < 4.78 is 0.739. The molecule has 0 bridgehead atoms. The summed E-state index contributed by atoms with van der Waals surface area (Å²) >= 11 is 0. The zero-order valence-electron chi connectivity index (χ0n) is 15.2. The largest absolute Gasteiger partial charge is 1.00 e. The maximum absolute atomic E-state index is 12.4. The van der Waals surface area contributed by atoms with Gasteiger partial charge in [-0.2, -0.15) is 0 Å². The Morgan fingerprint density at radius 3 is 2.15 bits per heavy atom. The van der Waals surface area contributed by atoms with Gasteiger partial charge in [-0.1, -0.05) is 61.2 Å². The highest BCUT2D eigenvalue weighted by atomic mass is 79.9. The van der Waals surface area contributed by atoms with Crippen molar-refractivity contribution in [2.75, 3.05) is 27.2 Å². The zero-order chi connectivity index (χ0) is 18.3. The fourth-order valence-electron chi connectivity index (χ4n) is 2.64. The first-order valence-electron chi connectivity index (χ1n) is 8.32. The number of likely N-dealkylation sites (N-methyl/N-ethyl adjacent to an activating group) is 1. The predicted molar refractivity (Wildman–Crippen MR) is 100 cm³/mol. The normalized spacial score (nSPS) is 10.5. The molecule has 0 saturated heterocycles. The lowest BCUT2D eigenvalue weighted by atomic mass is 10.0. The molecule has 2 aromatic carbocycles. The molecule has 0 aliphatic rings. The van der Waals surface area contributed by atoms with Crippen molar-refractivity contribution in [1.29, 1.82) is 0 Å². The number of hydrogen-bond donors (Lipinski definition) is 1. The molecule has 4 nitrogen and oxygen atoms in total. The molecule has 0 fully saturated rings. The minimum Gasteiger partial charge on any atom is -1.00 e. The van der Waals surface area contributed by atoms with Crippen molar-refractivity contribution in [2.24, 2.45) is 0 Å². The van der Waals surface area contributed by atoms with Gasteiger partial charge in [0.1, 0.15) is 6.54 Å². The Balaban J connectivity index is 0.00000338. The number of amides is 1. The summed E-state index contributed by atoms with van der Waals surface area (Å²) in [4.78, 5) is 23.6. The highest BCUT2D eigenvalue weighted by Crippen LogP contribution is 2.14. The van der Waals surface area contributed by atoms with E-state index < -0.39 is 0 Å². The molecule has 0 spiro atoms. The number of benzene rings is 2. The van der Waals surface area contributed by atoms with Crippen molar-refractivity contribution >= 4 is 11.7 Å². The van der Waals surface area contributed by atoms with Crippen LogP contribution in [0.3, 0.4) is 0 Å². The van der Waals surface area contributed by atoms with Gasteiger partial charge in [0.2, 0.25) is 5.91 Å². The zero-order valence-corrected chi connectivity index (χ0v) is 16.8. The lowest BCUT2D eigenvalue weighted by molar-refractivity contribution is -0.902. The molecule has 26 heavy (non-hydrogen) atoms. The van der Waals surface area contributed by atoms with Crippen LogP contribution in [0.2, 0.25) is 0 Å². The van der Waals surface area contributed by atoms with Crippen molar-refractivity contribution in [3.8, 4) is 0 Å². The van der Waals surface area contributed by atoms with Crippen LogP contribution in [0.15, 0.2) is 67.3 Å². The molecule has 0 unspecified atom stereocenters. The van der Waals surface area contributed by atoms with Gasteiger partial charge >= 0.3 is 0 Å². The summed E-state index contributed by atoms with van der Waals surface area (Å²) in [7, 11) is 4.23. The Hall–Kier alpha value is -2.24. The van der Waals surface area contributed by atoms with Gasteiger partial charge in [0.25, 0.3) is 0 Å². The quantitative estimate of drug-likeness (QED) is 0.368. The first kappa shape index (κ1) is 21.8. The van der Waals surface area contributed by atoms with Gasteiger partial charge < -0.3 is 26.8 Å². The van der Waals surface area contributed by atoms with E-state index in [4.69, 9.17) is 0 Å². The molecule has 0 saturated carbocycles. The predicted octanol–water partition coefficient (Wildman–Crippen LogP) is -0.200. The minimum atomic E-state index is -0.149. The molecule has 0 radical (unpaired) electrons. The van der Waals surface area contributed by atoms with Gasteiger partial charge in [-0.05, 0) is 6.08 Å². The van der Waals surface area contributed by atoms with E-state index in [9.17, 15) is 9.59 Å². The lowest BCUT2D eigenvalue weighted by Crippen LogP contribution is -3.00. The van der Waals surface area contributed by atoms with Crippen LogP contribution in [0, 0.1) is 0 Å². The Morgan fingerprint density at radius 1 is 1.00 bits per heavy atom. The molecule has 0 atom stereocenters. The van der Waals surface area contributed by atoms with Gasteiger partial charge in [0, 0.05) is 16.7 Å². The number of nitrogens with zero attached hydrogens (tertiary/aromatic N) is 1. The van der Waals surface area contributed by atoms with E-state index >= 15 is 0 Å². The van der Waals surface area contributed by atoms with Crippen molar-refractivity contribution < 1.29 is 31.1 Å². The number of rotatable bonds is 8. The standard InChI is InChI=1S/C21H24N2O2.BrH/c1-4-20(24)22-14-15-23(2,3)16-17-10-12-19(13-11-17)21(25)18-8-6-5-7-9-18;/h4-13H,1,14-16H2,2-3H3;1H. The maximum atomic E-state index is 12.4. The molecule has 2 rings (SSSR count). The smallest absolute Gasteiger partial charge is 0.243 e. The number of hydrogen-bond acceptors (Lipinski definition) is 2. The molecule has 0 aliphatic carbocycles. The average molecular weight is 417 g/mol. The maximum Gasteiger partial charge on any atom is 0.243 e. The van der Waals surface area contributed by atoms with Crippen LogP contribution in [0.5, 0.6) is 0 Å². The number of carbonyl (C=O) groups excluding carboxylic acids is 2. The van der Waals surface area contributed by atoms with Crippen molar-refractivity contribution in [3.63, 3.8) is 0 Å². The first-order valence-corrected chi connectivity index (χ1v) is 8.32. The van der Waals surface area contributed by atoms with E-state index in [2.05, 4.69) is 26.0 Å². The van der Waals surface area contributed by atoms with E-state index in [1.54, 1.807) is 0 Å². The van der Waals surface area contributed by atoms with Crippen LogP contribution in [0.1, 0.15) is 21.5 Å². The number of halogens is 1. The Morgan fingerprint density at radius 2 is 1.58 bits per heavy atom. The summed E-state index contributed by atoms with van der Waals surface area (Å²) in [6.45, 7) is 5.68. The van der Waals surface area contributed by atoms with Crippen LogP contribution < -0.4 is 22.3 Å². The summed E-state index contributed by atoms with van der Waals surface area (Å²) in [5.74, 6) is -0.114. The molecule has 0 aromatic heterocycles. The molecule has 5 heteroatoms. The van der Waals surface area contributed by atoms with Crippen LogP contribution in [0.25, 0.3) is 0 Å². The third kappa shape index (κ3) is 6.58. The van der Waals surface area contributed by atoms with Crippen molar-refractivity contribution in [3.05, 3.63) is 83.9 Å². The SMILES string of the molecule is C=CC(=O)NCC[N+](C)(C)Cc1ccc(C(=O)c2ccccc2)cc1.[Br-]. The molecule has 0 aliphatic heterocycles. The highest BCUT2D eigenvalue weighted by molar-refractivity contribution is 6.08. The molecule has 1 N–H and O–H groups in total. The fraction of sp³-hybridized carbons (Fsp3) is 0.238. The summed E-state index contributed by atoms with van der Waals surface area (Å²) in [5.41, 5.74) is 2.55. The van der Waals surface area contributed by atoms with Crippen LogP contribution >= 0.6 is 0 Å². The summed E-state index contributed by atoms with van der Waals surface area (Å²) in [6.07, 6.45) is 1.28. The van der Waals surface area contributed by atoms with E-state index in [1.165, 1.54) is 6.08 Å². The Labute approximate surface area is 165 Å². The Bertz CT molecular complexity index is 740. The summed E-state index contributed by atoms with van der Waals surface area (Å²) in [5, 5.41) is 2.80. The molecule has 138 valence electrons. The second-order valence-corrected chi connectivity index (χ2v) is 6.70. The van der Waals surface area contributed by atoms with Crippen LogP contribution in [0.4, 0.5) is 0 Å². The minimum absolute atomic E-state index is 0. The van der Waals surface area contributed by atoms with Gasteiger partial charge in [-0.25, -0.2) is 0 Å². The van der Waals surface area contributed by atoms with Gasteiger partial charge in [-0.15, -0.1) is 0 Å². The average Bonchev–Trinajstić information content (AvgIpc) is 2.62. The monoisotopic (exact) mass is 416 g/mol.